The van der Waals surface area contributed by atoms with Crippen molar-refractivity contribution in [1.82, 2.24) is 14.6 Å². The van der Waals surface area contributed by atoms with Gasteiger partial charge in [0.1, 0.15) is 5.75 Å². The second-order valence-electron chi connectivity index (χ2n) is 9.77. The Labute approximate surface area is 246 Å². The van der Waals surface area contributed by atoms with Gasteiger partial charge < -0.3 is 9.64 Å². The third-order valence-electron chi connectivity index (χ3n) is 6.89. The number of carbonyl (C=O) groups is 1. The number of benzene rings is 3. The summed E-state index contributed by atoms with van der Waals surface area (Å²) in [4.78, 5) is 21.7. The molecule has 208 valence electrons. The van der Waals surface area contributed by atoms with Gasteiger partial charge in [-0.3, -0.25) is 19.4 Å². The number of ether oxygens (including phenoxy) is 1. The molecule has 1 saturated heterocycles. The molecule has 0 bridgehead atoms. The maximum atomic E-state index is 12.6. The Kier molecular flexibility index (Phi) is 9.94. The van der Waals surface area contributed by atoms with E-state index in [4.69, 9.17) is 4.74 Å². The number of amides is 1. The first-order valence-electron chi connectivity index (χ1n) is 13.9. The molecule has 3 aromatic carbocycles. The first-order chi connectivity index (χ1) is 20.2. The number of carbonyl (C=O) groups excluding carboxylic acids is 1. The molecule has 0 radical (unpaired) electrons. The number of rotatable bonds is 9. The molecule has 6 nitrogen and oxygen atoms in total. The van der Waals surface area contributed by atoms with Crippen molar-refractivity contribution >= 4 is 23.5 Å². The van der Waals surface area contributed by atoms with E-state index in [0.29, 0.717) is 12.2 Å². The van der Waals surface area contributed by atoms with Crippen LogP contribution in [0, 0.1) is 11.8 Å². The van der Waals surface area contributed by atoms with Gasteiger partial charge in [0.05, 0.1) is 12.8 Å². The number of piperazine rings is 1. The first-order valence-corrected chi connectivity index (χ1v) is 14.9. The van der Waals surface area contributed by atoms with Gasteiger partial charge in [0.25, 0.3) is 5.91 Å². The average molecular weight is 563 g/mol. The molecule has 1 fully saturated rings. The van der Waals surface area contributed by atoms with Crippen molar-refractivity contribution in [2.45, 2.75) is 19.2 Å². The predicted molar refractivity (Wildman–Crippen MR) is 167 cm³/mol. The molecule has 5 rings (SSSR count). The summed E-state index contributed by atoms with van der Waals surface area (Å²) in [5.74, 6) is 8.00. The van der Waals surface area contributed by atoms with Gasteiger partial charge in [-0.05, 0) is 66.4 Å². The van der Waals surface area contributed by atoms with Gasteiger partial charge in [-0.2, -0.15) is 0 Å². The van der Waals surface area contributed by atoms with E-state index in [1.165, 1.54) is 23.1 Å². The molecule has 1 amide bonds. The van der Waals surface area contributed by atoms with Crippen molar-refractivity contribution in [3.05, 3.63) is 125 Å². The molecular formula is C34H34N4O2S. The summed E-state index contributed by atoms with van der Waals surface area (Å²) in [5, 5.41) is 0. The van der Waals surface area contributed by atoms with E-state index in [1.807, 2.05) is 61.5 Å². The Morgan fingerprint density at radius 2 is 1.68 bits per heavy atom. The Bertz CT molecular complexity index is 1490. The number of hydrogen-bond acceptors (Lipinski definition) is 6. The van der Waals surface area contributed by atoms with Crippen LogP contribution in [0.2, 0.25) is 0 Å². The fraction of sp³-hybridized carbons (Fsp3) is 0.235. The number of nitrogens with one attached hydrogen (secondary N) is 1. The topological polar surface area (TPSA) is 57.7 Å². The maximum Gasteiger partial charge on any atom is 0.261 e. The zero-order valence-electron chi connectivity index (χ0n) is 23.3. The first kappa shape index (κ1) is 28.3. The van der Waals surface area contributed by atoms with E-state index in [2.05, 4.69) is 61.7 Å². The SMILES string of the molecule is CCOc1cncc(C#Cc2ccccc2CN2CCN(c3ccc(C(=O)NSCc4ccccc4)cc3)CC2)c1. The van der Waals surface area contributed by atoms with Crippen LogP contribution < -0.4 is 14.4 Å². The molecule has 4 aromatic rings. The fourth-order valence-electron chi connectivity index (χ4n) is 4.70. The molecule has 41 heavy (non-hydrogen) atoms. The molecule has 2 heterocycles. The number of aromatic nitrogens is 1. The van der Waals surface area contributed by atoms with E-state index < -0.39 is 0 Å². The second kappa shape index (κ2) is 14.4. The third kappa shape index (κ3) is 8.14. The highest BCUT2D eigenvalue weighted by molar-refractivity contribution is 7.97. The smallest absolute Gasteiger partial charge is 0.261 e. The zero-order valence-corrected chi connectivity index (χ0v) is 24.1. The molecule has 7 heteroatoms. The molecule has 0 unspecified atom stereocenters. The van der Waals surface area contributed by atoms with Gasteiger partial charge >= 0.3 is 0 Å². The van der Waals surface area contributed by atoms with Crippen molar-refractivity contribution in [2.24, 2.45) is 0 Å². The molecule has 1 aliphatic heterocycles. The number of pyridine rings is 1. The number of anilines is 1. The van der Waals surface area contributed by atoms with Crippen LogP contribution in [0.4, 0.5) is 5.69 Å². The van der Waals surface area contributed by atoms with E-state index in [0.717, 1.165) is 61.0 Å². The van der Waals surface area contributed by atoms with Gasteiger partial charge in [-0.1, -0.05) is 60.4 Å². The third-order valence-corrected chi connectivity index (χ3v) is 7.70. The highest BCUT2D eigenvalue weighted by atomic mass is 32.2. The Balaban J connectivity index is 1.12. The minimum atomic E-state index is -0.0673. The summed E-state index contributed by atoms with van der Waals surface area (Å²) >= 11 is 1.42. The summed E-state index contributed by atoms with van der Waals surface area (Å²) in [7, 11) is 0. The molecule has 0 aliphatic carbocycles. The average Bonchev–Trinajstić information content (AvgIpc) is 3.02. The largest absolute Gasteiger partial charge is 0.492 e. The summed E-state index contributed by atoms with van der Waals surface area (Å²) in [5.41, 5.74) is 6.10. The summed E-state index contributed by atoms with van der Waals surface area (Å²) in [6.45, 7) is 7.20. The predicted octanol–water partition coefficient (Wildman–Crippen LogP) is 5.78. The lowest BCUT2D eigenvalue weighted by atomic mass is 10.1. The second-order valence-corrected chi connectivity index (χ2v) is 10.5. The maximum absolute atomic E-state index is 12.6. The summed E-state index contributed by atoms with van der Waals surface area (Å²) < 4.78 is 8.49. The Morgan fingerprint density at radius 3 is 2.46 bits per heavy atom. The highest BCUT2D eigenvalue weighted by Crippen LogP contribution is 2.20. The van der Waals surface area contributed by atoms with Gasteiger partial charge in [0.2, 0.25) is 0 Å². The lowest BCUT2D eigenvalue weighted by Gasteiger charge is -2.36. The van der Waals surface area contributed by atoms with Crippen LogP contribution in [-0.2, 0) is 12.3 Å². The van der Waals surface area contributed by atoms with Crippen LogP contribution >= 0.6 is 11.9 Å². The molecule has 0 saturated carbocycles. The van der Waals surface area contributed by atoms with Gasteiger partial charge in [0.15, 0.2) is 0 Å². The van der Waals surface area contributed by atoms with Crippen LogP contribution in [0.5, 0.6) is 5.75 Å². The number of hydrogen-bond donors (Lipinski definition) is 1. The van der Waals surface area contributed by atoms with Gasteiger partial charge in [-0.25, -0.2) is 0 Å². The summed E-state index contributed by atoms with van der Waals surface area (Å²) in [6, 6.07) is 28.3. The van der Waals surface area contributed by atoms with Crippen LogP contribution in [0.15, 0.2) is 97.3 Å². The van der Waals surface area contributed by atoms with Crippen LogP contribution in [0.1, 0.15) is 39.5 Å². The highest BCUT2D eigenvalue weighted by Gasteiger charge is 2.18. The molecule has 1 aromatic heterocycles. The molecule has 1 N–H and O–H groups in total. The van der Waals surface area contributed by atoms with Crippen molar-refractivity contribution < 1.29 is 9.53 Å². The van der Waals surface area contributed by atoms with Crippen LogP contribution in [0.3, 0.4) is 0 Å². The van der Waals surface area contributed by atoms with Crippen molar-refractivity contribution in [3.8, 4) is 17.6 Å². The van der Waals surface area contributed by atoms with Crippen molar-refractivity contribution in [1.29, 1.82) is 0 Å². The van der Waals surface area contributed by atoms with E-state index in [1.54, 1.807) is 12.4 Å². The minimum absolute atomic E-state index is 0.0673. The zero-order chi connectivity index (χ0) is 28.3. The van der Waals surface area contributed by atoms with Gasteiger partial charge in [0, 0.05) is 67.1 Å². The normalized spacial score (nSPS) is 13.2. The van der Waals surface area contributed by atoms with E-state index in [9.17, 15) is 4.79 Å². The van der Waals surface area contributed by atoms with Gasteiger partial charge in [-0.15, -0.1) is 0 Å². The quantitative estimate of drug-likeness (QED) is 0.206. The van der Waals surface area contributed by atoms with E-state index in [-0.39, 0.29) is 5.91 Å². The minimum Gasteiger partial charge on any atom is -0.492 e. The molecule has 1 aliphatic rings. The monoisotopic (exact) mass is 562 g/mol. The molecular weight excluding hydrogens is 528 g/mol. The lowest BCUT2D eigenvalue weighted by molar-refractivity contribution is 0.0984. The lowest BCUT2D eigenvalue weighted by Crippen LogP contribution is -2.46. The van der Waals surface area contributed by atoms with Crippen molar-refractivity contribution in [2.75, 3.05) is 37.7 Å². The molecule has 0 spiro atoms. The summed E-state index contributed by atoms with van der Waals surface area (Å²) in [6.07, 6.45) is 3.47. The fourth-order valence-corrected chi connectivity index (χ4v) is 5.38. The standard InChI is InChI=1S/C34H34N4O2S/c1-2-40-33-22-28(23-35-24-33)12-13-29-10-6-7-11-31(29)25-37-18-20-38(21-19-37)32-16-14-30(15-17-32)34(39)36-41-26-27-8-4-3-5-9-27/h3-11,14-17,22-24H,2,18-21,25-26H2,1H3,(H,36,39). The Hall–Kier alpha value is -4.25. The van der Waals surface area contributed by atoms with Crippen LogP contribution in [-0.4, -0.2) is 48.6 Å². The van der Waals surface area contributed by atoms with Crippen molar-refractivity contribution in [3.63, 3.8) is 0 Å². The number of nitrogens with zero attached hydrogens (tertiary/aromatic N) is 3. The Morgan fingerprint density at radius 1 is 0.927 bits per heavy atom. The van der Waals surface area contributed by atoms with Crippen LogP contribution in [0.25, 0.3) is 0 Å². The van der Waals surface area contributed by atoms with E-state index >= 15 is 0 Å². The molecule has 0 atom stereocenters.